The van der Waals surface area contributed by atoms with Crippen LogP contribution in [0, 0.1) is 0 Å². The number of allylic oxidation sites excluding steroid dienone is 1. The molecule has 0 radical (unpaired) electrons. The van der Waals surface area contributed by atoms with Gasteiger partial charge >= 0.3 is 0 Å². The molecule has 0 fully saturated rings. The van der Waals surface area contributed by atoms with Gasteiger partial charge in [-0.1, -0.05) is 60.7 Å². The smallest absolute Gasteiger partial charge is 0.129 e. The normalized spacial score (nSPS) is 17.6. The van der Waals surface area contributed by atoms with E-state index in [2.05, 4.69) is 48.5 Å². The third kappa shape index (κ3) is 2.59. The molecule has 0 saturated heterocycles. The van der Waals surface area contributed by atoms with E-state index in [1.165, 1.54) is 11.1 Å². The van der Waals surface area contributed by atoms with Crippen LogP contribution in [0.5, 0.6) is 0 Å². The molecule has 100 valence electrons. The van der Waals surface area contributed by atoms with Crippen molar-refractivity contribution in [1.29, 1.82) is 0 Å². The fraction of sp³-hybridized carbons (Fsp3) is 0.111. The minimum atomic E-state index is -0.0789. The predicted molar refractivity (Wildman–Crippen MR) is 81.0 cm³/mol. The highest BCUT2D eigenvalue weighted by atomic mass is 16.5. The largest absolute Gasteiger partial charge is 0.493 e. The molecule has 2 aromatic rings. The fourth-order valence-corrected chi connectivity index (χ4v) is 2.56. The molecule has 0 bridgehead atoms. The lowest BCUT2D eigenvalue weighted by Gasteiger charge is -2.27. The van der Waals surface area contributed by atoms with Gasteiger partial charge in [0.15, 0.2) is 0 Å². The van der Waals surface area contributed by atoms with Crippen molar-refractivity contribution in [3.63, 3.8) is 0 Å². The van der Waals surface area contributed by atoms with Crippen LogP contribution in [-0.2, 0) is 4.74 Å². The molecule has 1 aliphatic heterocycles. The third-order valence-electron chi connectivity index (χ3n) is 3.50. The molecule has 3 rings (SSSR count). The maximum absolute atomic E-state index is 5.91. The van der Waals surface area contributed by atoms with Gasteiger partial charge < -0.3 is 10.5 Å². The van der Waals surface area contributed by atoms with E-state index in [1.54, 1.807) is 12.3 Å². The summed E-state index contributed by atoms with van der Waals surface area (Å²) < 4.78 is 5.78. The van der Waals surface area contributed by atoms with Gasteiger partial charge in [0.05, 0.1) is 6.26 Å². The van der Waals surface area contributed by atoms with Crippen molar-refractivity contribution in [3.8, 4) is 0 Å². The monoisotopic (exact) mass is 263 g/mol. The highest BCUT2D eigenvalue weighted by molar-refractivity contribution is 5.37. The Labute approximate surface area is 119 Å². The molecule has 0 aromatic heterocycles. The summed E-state index contributed by atoms with van der Waals surface area (Å²) in [7, 11) is 0. The summed E-state index contributed by atoms with van der Waals surface area (Å²) in [6.45, 7) is 0. The van der Waals surface area contributed by atoms with Crippen molar-refractivity contribution in [2.75, 3.05) is 0 Å². The quantitative estimate of drug-likeness (QED) is 0.918. The number of nitrogens with two attached hydrogens (primary N) is 1. The average Bonchev–Trinajstić information content (AvgIpc) is 2.50. The van der Waals surface area contributed by atoms with Crippen molar-refractivity contribution in [2.24, 2.45) is 5.73 Å². The maximum atomic E-state index is 5.91. The third-order valence-corrected chi connectivity index (χ3v) is 3.50. The number of hydrogen-bond donors (Lipinski definition) is 1. The zero-order valence-electron chi connectivity index (χ0n) is 11.1. The highest BCUT2D eigenvalue weighted by Gasteiger charge is 2.25. The molecule has 1 aliphatic rings. The van der Waals surface area contributed by atoms with Crippen molar-refractivity contribution in [2.45, 2.75) is 12.0 Å². The molecule has 2 nitrogen and oxygen atoms in total. The van der Waals surface area contributed by atoms with Gasteiger partial charge in [0.2, 0.25) is 0 Å². The molecular weight excluding hydrogens is 246 g/mol. The van der Waals surface area contributed by atoms with E-state index in [9.17, 15) is 0 Å². The highest BCUT2D eigenvalue weighted by Crippen LogP contribution is 2.32. The minimum Gasteiger partial charge on any atom is -0.493 e. The van der Waals surface area contributed by atoms with E-state index in [4.69, 9.17) is 10.5 Å². The SMILES string of the molecule is NC1=CC(C(c2ccccc2)c2ccccc2)OC=C1. The van der Waals surface area contributed by atoms with Crippen LogP contribution in [-0.4, -0.2) is 6.10 Å². The zero-order chi connectivity index (χ0) is 13.8. The molecule has 20 heavy (non-hydrogen) atoms. The van der Waals surface area contributed by atoms with Gasteiger partial charge in [-0.25, -0.2) is 0 Å². The Kier molecular flexibility index (Phi) is 3.55. The molecule has 1 heterocycles. The second-order valence-corrected chi connectivity index (χ2v) is 4.87. The Morgan fingerprint density at radius 3 is 1.90 bits per heavy atom. The van der Waals surface area contributed by atoms with E-state index in [0.717, 1.165) is 5.70 Å². The topological polar surface area (TPSA) is 35.2 Å². The first-order valence-electron chi connectivity index (χ1n) is 6.74. The Morgan fingerprint density at radius 2 is 1.40 bits per heavy atom. The van der Waals surface area contributed by atoms with Crippen LogP contribution in [0.15, 0.2) is 84.8 Å². The van der Waals surface area contributed by atoms with Gasteiger partial charge in [-0.05, 0) is 23.3 Å². The lowest BCUT2D eigenvalue weighted by molar-refractivity contribution is 0.166. The minimum absolute atomic E-state index is 0.0789. The molecule has 2 aromatic carbocycles. The summed E-state index contributed by atoms with van der Waals surface area (Å²) in [4.78, 5) is 0. The lowest BCUT2D eigenvalue weighted by Crippen LogP contribution is -2.23. The van der Waals surface area contributed by atoms with Gasteiger partial charge in [-0.3, -0.25) is 0 Å². The first kappa shape index (κ1) is 12.5. The molecule has 1 atom stereocenters. The first-order valence-corrected chi connectivity index (χ1v) is 6.74. The summed E-state index contributed by atoms with van der Waals surface area (Å²) in [5.41, 5.74) is 9.11. The average molecular weight is 263 g/mol. The molecule has 0 saturated carbocycles. The van der Waals surface area contributed by atoms with Crippen LogP contribution < -0.4 is 5.73 Å². The molecule has 2 heteroatoms. The second-order valence-electron chi connectivity index (χ2n) is 4.87. The van der Waals surface area contributed by atoms with Crippen LogP contribution in [0.1, 0.15) is 17.0 Å². The molecule has 1 unspecified atom stereocenters. The van der Waals surface area contributed by atoms with Gasteiger partial charge in [0.25, 0.3) is 0 Å². The first-order chi connectivity index (χ1) is 9.84. The maximum Gasteiger partial charge on any atom is 0.129 e. The zero-order valence-corrected chi connectivity index (χ0v) is 11.1. The van der Waals surface area contributed by atoms with Crippen LogP contribution in [0.4, 0.5) is 0 Å². The van der Waals surface area contributed by atoms with Crippen LogP contribution >= 0.6 is 0 Å². The van der Waals surface area contributed by atoms with E-state index in [1.807, 2.05) is 18.2 Å². The van der Waals surface area contributed by atoms with Crippen LogP contribution in [0.3, 0.4) is 0 Å². The van der Waals surface area contributed by atoms with Crippen molar-refractivity contribution < 1.29 is 4.74 Å². The number of benzene rings is 2. The Balaban J connectivity index is 2.03. The van der Waals surface area contributed by atoms with E-state index < -0.39 is 0 Å². The second kappa shape index (κ2) is 5.66. The number of rotatable bonds is 3. The van der Waals surface area contributed by atoms with E-state index in [-0.39, 0.29) is 12.0 Å². The standard InChI is InChI=1S/C18H17NO/c19-16-11-12-20-17(13-16)18(14-7-3-1-4-8-14)15-9-5-2-6-10-15/h1-13,17-18H,19H2. The Bertz CT molecular complexity index is 577. The summed E-state index contributed by atoms with van der Waals surface area (Å²) in [5, 5.41) is 0. The van der Waals surface area contributed by atoms with Gasteiger partial charge in [-0.2, -0.15) is 0 Å². The van der Waals surface area contributed by atoms with Crippen LogP contribution in [0.25, 0.3) is 0 Å². The Hall–Kier alpha value is -2.48. The number of ether oxygens (including phenoxy) is 1. The summed E-state index contributed by atoms with van der Waals surface area (Å²) >= 11 is 0. The summed E-state index contributed by atoms with van der Waals surface area (Å²) in [5.74, 6) is 0.140. The molecule has 0 amide bonds. The molecule has 2 N–H and O–H groups in total. The summed E-state index contributed by atoms with van der Waals surface area (Å²) in [6, 6.07) is 20.8. The number of hydrogen-bond acceptors (Lipinski definition) is 2. The molecule has 0 spiro atoms. The molecule has 0 aliphatic carbocycles. The van der Waals surface area contributed by atoms with Crippen molar-refractivity contribution in [1.82, 2.24) is 0 Å². The summed E-state index contributed by atoms with van der Waals surface area (Å²) in [6.07, 6.45) is 5.36. The predicted octanol–water partition coefficient (Wildman–Crippen LogP) is 3.57. The molecular formula is C18H17NO. The van der Waals surface area contributed by atoms with Gasteiger partial charge in [-0.15, -0.1) is 0 Å². The lowest BCUT2D eigenvalue weighted by atomic mass is 9.86. The van der Waals surface area contributed by atoms with E-state index in [0.29, 0.717) is 0 Å². The van der Waals surface area contributed by atoms with E-state index >= 15 is 0 Å². The van der Waals surface area contributed by atoms with Crippen molar-refractivity contribution in [3.05, 3.63) is 95.9 Å². The van der Waals surface area contributed by atoms with Crippen LogP contribution in [0.2, 0.25) is 0 Å². The van der Waals surface area contributed by atoms with Gasteiger partial charge in [0.1, 0.15) is 6.10 Å². The van der Waals surface area contributed by atoms with Crippen molar-refractivity contribution >= 4 is 0 Å². The Morgan fingerprint density at radius 1 is 0.850 bits per heavy atom. The fourth-order valence-electron chi connectivity index (χ4n) is 2.56. The van der Waals surface area contributed by atoms with Gasteiger partial charge in [0, 0.05) is 11.6 Å².